The predicted octanol–water partition coefficient (Wildman–Crippen LogP) is 2.70. The van der Waals surface area contributed by atoms with Crippen LogP contribution in [-0.2, 0) is 10.0 Å². The summed E-state index contributed by atoms with van der Waals surface area (Å²) in [6.07, 6.45) is 2.20. The molecule has 0 bridgehead atoms. The van der Waals surface area contributed by atoms with Crippen molar-refractivity contribution >= 4 is 33.2 Å². The van der Waals surface area contributed by atoms with Crippen molar-refractivity contribution in [2.45, 2.75) is 19.4 Å². The molecule has 24 heavy (non-hydrogen) atoms. The zero-order valence-electron chi connectivity index (χ0n) is 13.1. The van der Waals surface area contributed by atoms with Crippen molar-refractivity contribution in [1.29, 1.82) is 0 Å². The van der Waals surface area contributed by atoms with Crippen LogP contribution in [-0.4, -0.2) is 31.6 Å². The Morgan fingerprint density at radius 2 is 2.04 bits per heavy atom. The number of amides is 1. The summed E-state index contributed by atoms with van der Waals surface area (Å²) in [7, 11) is -3.18. The number of hydrogen-bond donors (Lipinski definition) is 2. The first kappa shape index (κ1) is 16.9. The largest absolute Gasteiger partial charge is 0.356 e. The molecule has 1 unspecified atom stereocenters. The fraction of sp³-hybridized carbons (Fsp3) is 0.312. The Bertz CT molecular complexity index is 846. The summed E-state index contributed by atoms with van der Waals surface area (Å²) in [5.41, 5.74) is 1.94. The molecule has 8 heteroatoms. The topological polar surface area (TPSA) is 82.3 Å². The van der Waals surface area contributed by atoms with E-state index in [4.69, 9.17) is 11.6 Å². The fourth-order valence-electron chi connectivity index (χ4n) is 2.72. The van der Waals surface area contributed by atoms with E-state index in [0.29, 0.717) is 29.4 Å². The van der Waals surface area contributed by atoms with Gasteiger partial charge in [-0.2, -0.15) is 0 Å². The van der Waals surface area contributed by atoms with Gasteiger partial charge in [-0.25, -0.2) is 8.42 Å². The van der Waals surface area contributed by atoms with Gasteiger partial charge in [-0.1, -0.05) is 23.7 Å². The number of aromatic amines is 1. The van der Waals surface area contributed by atoms with E-state index in [1.54, 1.807) is 24.4 Å². The highest BCUT2D eigenvalue weighted by Crippen LogP contribution is 2.25. The Morgan fingerprint density at radius 1 is 1.33 bits per heavy atom. The number of carbonyl (C=O) groups is 1. The third-order valence-electron chi connectivity index (χ3n) is 4.02. The maximum absolute atomic E-state index is 12.1. The molecule has 1 saturated heterocycles. The number of H-pyrrole nitrogens is 1. The van der Waals surface area contributed by atoms with Crippen molar-refractivity contribution in [3.05, 3.63) is 52.8 Å². The van der Waals surface area contributed by atoms with Gasteiger partial charge in [-0.05, 0) is 37.1 Å². The third-order valence-corrected chi connectivity index (χ3v) is 6.11. The van der Waals surface area contributed by atoms with Gasteiger partial charge < -0.3 is 10.3 Å². The Hall–Kier alpha value is -1.99. The van der Waals surface area contributed by atoms with E-state index in [1.165, 1.54) is 4.31 Å². The molecule has 0 radical (unpaired) electrons. The predicted molar refractivity (Wildman–Crippen MR) is 93.9 cm³/mol. The van der Waals surface area contributed by atoms with Crippen LogP contribution in [0.5, 0.6) is 0 Å². The first-order valence-corrected chi connectivity index (χ1v) is 9.61. The van der Waals surface area contributed by atoms with E-state index in [-0.39, 0.29) is 17.7 Å². The summed E-state index contributed by atoms with van der Waals surface area (Å²) >= 11 is 5.80. The molecule has 128 valence electrons. The van der Waals surface area contributed by atoms with Crippen LogP contribution in [0.25, 0.3) is 0 Å². The molecular formula is C16H18ClN3O3S. The molecule has 1 atom stereocenters. The number of hydrogen-bond acceptors (Lipinski definition) is 3. The molecule has 0 spiro atoms. The minimum atomic E-state index is -3.18. The number of aromatic nitrogens is 1. The van der Waals surface area contributed by atoms with Gasteiger partial charge in [0.2, 0.25) is 10.0 Å². The van der Waals surface area contributed by atoms with E-state index in [1.807, 2.05) is 19.1 Å². The van der Waals surface area contributed by atoms with Gasteiger partial charge in [0.1, 0.15) is 5.69 Å². The van der Waals surface area contributed by atoms with E-state index in [0.717, 1.165) is 5.56 Å². The molecule has 0 saturated carbocycles. The second-order valence-corrected chi connectivity index (χ2v) is 8.21. The molecule has 0 aliphatic carbocycles. The SMILES string of the molecule is CC(NC(=O)c1cc(Cl)c[nH]1)c1ccc(N2CCCS2(=O)=O)cc1. The third kappa shape index (κ3) is 3.42. The number of anilines is 1. The lowest BCUT2D eigenvalue weighted by Gasteiger charge is -2.19. The van der Waals surface area contributed by atoms with E-state index >= 15 is 0 Å². The molecule has 1 aliphatic rings. The van der Waals surface area contributed by atoms with E-state index in [9.17, 15) is 13.2 Å². The molecular weight excluding hydrogens is 350 g/mol. The lowest BCUT2D eigenvalue weighted by Crippen LogP contribution is -2.27. The summed E-state index contributed by atoms with van der Waals surface area (Å²) in [6.45, 7) is 2.38. The van der Waals surface area contributed by atoms with E-state index < -0.39 is 10.0 Å². The summed E-state index contributed by atoms with van der Waals surface area (Å²) in [4.78, 5) is 14.9. The maximum Gasteiger partial charge on any atom is 0.268 e. The number of nitrogens with zero attached hydrogens (tertiary/aromatic N) is 1. The Balaban J connectivity index is 1.70. The van der Waals surface area contributed by atoms with Gasteiger partial charge in [0.05, 0.1) is 22.5 Å². The van der Waals surface area contributed by atoms with Crippen LogP contribution >= 0.6 is 11.6 Å². The molecule has 6 nitrogen and oxygen atoms in total. The van der Waals surface area contributed by atoms with E-state index in [2.05, 4.69) is 10.3 Å². The second kappa shape index (κ2) is 6.49. The highest BCUT2D eigenvalue weighted by Gasteiger charge is 2.28. The van der Waals surface area contributed by atoms with Gasteiger partial charge in [0.25, 0.3) is 5.91 Å². The fourth-order valence-corrected chi connectivity index (χ4v) is 4.44. The lowest BCUT2D eigenvalue weighted by molar-refractivity contribution is 0.0935. The Morgan fingerprint density at radius 3 is 2.58 bits per heavy atom. The molecule has 2 N–H and O–H groups in total. The molecule has 1 aromatic heterocycles. The van der Waals surface area contributed by atoms with Gasteiger partial charge in [0.15, 0.2) is 0 Å². The average Bonchev–Trinajstić information content (AvgIpc) is 3.12. The van der Waals surface area contributed by atoms with Gasteiger partial charge >= 0.3 is 0 Å². The van der Waals surface area contributed by atoms with Crippen molar-refractivity contribution in [3.63, 3.8) is 0 Å². The number of benzene rings is 1. The number of sulfonamides is 1. The normalized spacial score (nSPS) is 17.7. The van der Waals surface area contributed by atoms with Crippen molar-refractivity contribution in [1.82, 2.24) is 10.3 Å². The average molecular weight is 368 g/mol. The van der Waals surface area contributed by atoms with Crippen LogP contribution in [0, 0.1) is 0 Å². The van der Waals surface area contributed by atoms with Crippen molar-refractivity contribution in [3.8, 4) is 0 Å². The van der Waals surface area contributed by atoms with Crippen molar-refractivity contribution < 1.29 is 13.2 Å². The zero-order valence-corrected chi connectivity index (χ0v) is 14.7. The summed E-state index contributed by atoms with van der Waals surface area (Å²) in [5, 5.41) is 3.35. The molecule has 2 heterocycles. The first-order chi connectivity index (χ1) is 11.4. The Kier molecular flexibility index (Phi) is 4.56. The molecule has 1 aromatic carbocycles. The number of carbonyl (C=O) groups excluding carboxylic acids is 1. The van der Waals surface area contributed by atoms with Crippen molar-refractivity contribution in [2.24, 2.45) is 0 Å². The van der Waals surface area contributed by atoms with Gasteiger partial charge in [-0.3, -0.25) is 9.10 Å². The maximum atomic E-state index is 12.1. The molecule has 1 aliphatic heterocycles. The summed E-state index contributed by atoms with van der Waals surface area (Å²) in [6, 6.07) is 8.54. The van der Waals surface area contributed by atoms with Crippen LogP contribution in [0.4, 0.5) is 5.69 Å². The molecule has 1 amide bonds. The highest BCUT2D eigenvalue weighted by atomic mass is 35.5. The standard InChI is InChI=1S/C16H18ClN3O3S/c1-11(19-16(21)15-9-13(17)10-18-15)12-3-5-14(6-4-12)20-7-2-8-24(20,22)23/h3-6,9-11,18H,2,7-8H2,1H3,(H,19,21). The quantitative estimate of drug-likeness (QED) is 0.871. The van der Waals surface area contributed by atoms with Crippen LogP contribution in [0.3, 0.4) is 0 Å². The number of rotatable bonds is 4. The molecule has 2 aromatic rings. The van der Waals surface area contributed by atoms with Crippen molar-refractivity contribution in [2.75, 3.05) is 16.6 Å². The first-order valence-electron chi connectivity index (χ1n) is 7.62. The zero-order chi connectivity index (χ0) is 17.3. The summed E-state index contributed by atoms with van der Waals surface area (Å²) in [5.74, 6) is -0.0551. The van der Waals surface area contributed by atoms with Crippen LogP contribution in [0.15, 0.2) is 36.5 Å². The van der Waals surface area contributed by atoms with Gasteiger partial charge in [0, 0.05) is 12.7 Å². The smallest absolute Gasteiger partial charge is 0.268 e. The summed E-state index contributed by atoms with van der Waals surface area (Å²) < 4.78 is 25.3. The number of halogens is 1. The molecule has 3 rings (SSSR count). The Labute approximate surface area is 145 Å². The highest BCUT2D eigenvalue weighted by molar-refractivity contribution is 7.93. The van der Waals surface area contributed by atoms with Crippen LogP contribution in [0.2, 0.25) is 5.02 Å². The van der Waals surface area contributed by atoms with Crippen LogP contribution in [0.1, 0.15) is 35.4 Å². The minimum Gasteiger partial charge on any atom is -0.356 e. The number of nitrogens with one attached hydrogen (secondary N) is 2. The lowest BCUT2D eigenvalue weighted by atomic mass is 10.1. The van der Waals surface area contributed by atoms with Crippen LogP contribution < -0.4 is 9.62 Å². The molecule has 1 fully saturated rings. The minimum absolute atomic E-state index is 0.194. The monoisotopic (exact) mass is 367 g/mol. The van der Waals surface area contributed by atoms with Gasteiger partial charge in [-0.15, -0.1) is 0 Å². The second-order valence-electron chi connectivity index (χ2n) is 5.76.